The van der Waals surface area contributed by atoms with Crippen LogP contribution in [0.3, 0.4) is 0 Å². The van der Waals surface area contributed by atoms with Gasteiger partial charge in [-0.1, -0.05) is 12.1 Å². The molecule has 158 valence electrons. The van der Waals surface area contributed by atoms with Gasteiger partial charge in [-0.25, -0.2) is 9.97 Å². The predicted molar refractivity (Wildman–Crippen MR) is 120 cm³/mol. The number of nitrogens with one attached hydrogen (secondary N) is 1. The highest BCUT2D eigenvalue weighted by atomic mass is 32.1. The summed E-state index contributed by atoms with van der Waals surface area (Å²) in [6, 6.07) is 7.85. The summed E-state index contributed by atoms with van der Waals surface area (Å²) in [6.07, 6.45) is 5.64. The number of hydrogen-bond donors (Lipinski definition) is 1. The molecule has 1 fully saturated rings. The number of piperidine rings is 1. The second-order valence-electron chi connectivity index (χ2n) is 7.26. The zero-order chi connectivity index (χ0) is 20.9. The van der Waals surface area contributed by atoms with Crippen LogP contribution in [0.5, 0.6) is 11.5 Å². The van der Waals surface area contributed by atoms with Crippen LogP contribution < -0.4 is 19.7 Å². The molecule has 0 unspecified atom stereocenters. The van der Waals surface area contributed by atoms with E-state index in [0.29, 0.717) is 12.4 Å². The summed E-state index contributed by atoms with van der Waals surface area (Å²) in [6.45, 7) is 8.36. The third-order valence-electron chi connectivity index (χ3n) is 5.03. The van der Waals surface area contributed by atoms with Gasteiger partial charge in [-0.3, -0.25) is 4.98 Å². The predicted octanol–water partition coefficient (Wildman–Crippen LogP) is 4.74. The molecule has 0 aliphatic carbocycles. The first-order valence-corrected chi connectivity index (χ1v) is 11.1. The van der Waals surface area contributed by atoms with E-state index >= 15 is 0 Å². The summed E-state index contributed by atoms with van der Waals surface area (Å²) in [5.41, 5.74) is 1.04. The number of rotatable bonds is 7. The van der Waals surface area contributed by atoms with Crippen LogP contribution in [0.25, 0.3) is 0 Å². The molecule has 1 aliphatic rings. The lowest BCUT2D eigenvalue weighted by Crippen LogP contribution is -2.41. The lowest BCUT2D eigenvalue weighted by molar-refractivity contribution is 0.170. The van der Waals surface area contributed by atoms with Crippen LogP contribution in [0.4, 0.5) is 16.8 Å². The van der Waals surface area contributed by atoms with E-state index in [1.807, 2.05) is 38.1 Å². The van der Waals surface area contributed by atoms with Gasteiger partial charge in [0.15, 0.2) is 22.4 Å². The van der Waals surface area contributed by atoms with Gasteiger partial charge in [0.05, 0.1) is 31.2 Å². The van der Waals surface area contributed by atoms with Crippen molar-refractivity contribution in [3.63, 3.8) is 0 Å². The highest BCUT2D eigenvalue weighted by Crippen LogP contribution is 2.30. The van der Waals surface area contributed by atoms with Crippen LogP contribution in [0.1, 0.15) is 30.3 Å². The minimum atomic E-state index is 0.0723. The molecule has 0 saturated carbocycles. The second-order valence-corrected chi connectivity index (χ2v) is 8.46. The zero-order valence-corrected chi connectivity index (χ0v) is 18.4. The van der Waals surface area contributed by atoms with Crippen LogP contribution in [0.2, 0.25) is 0 Å². The lowest BCUT2D eigenvalue weighted by Gasteiger charge is -2.33. The van der Waals surface area contributed by atoms with E-state index in [9.17, 15) is 0 Å². The van der Waals surface area contributed by atoms with Gasteiger partial charge >= 0.3 is 0 Å². The molecule has 1 saturated heterocycles. The molecule has 2 aromatic heterocycles. The number of benzene rings is 1. The van der Waals surface area contributed by atoms with Crippen molar-refractivity contribution >= 4 is 28.1 Å². The fourth-order valence-electron chi connectivity index (χ4n) is 3.45. The van der Waals surface area contributed by atoms with Gasteiger partial charge in [0.2, 0.25) is 0 Å². The van der Waals surface area contributed by atoms with E-state index in [-0.39, 0.29) is 6.10 Å². The summed E-state index contributed by atoms with van der Waals surface area (Å²) in [5.74, 6) is 3.13. The third kappa shape index (κ3) is 4.81. The number of anilines is 3. The van der Waals surface area contributed by atoms with Gasteiger partial charge in [-0.2, -0.15) is 0 Å². The number of para-hydroxylation sites is 2. The van der Waals surface area contributed by atoms with Crippen molar-refractivity contribution in [1.82, 2.24) is 15.0 Å². The van der Waals surface area contributed by atoms with Gasteiger partial charge in [-0.05, 0) is 45.7 Å². The minimum absolute atomic E-state index is 0.0723. The Morgan fingerprint density at radius 3 is 2.77 bits per heavy atom. The first kappa shape index (κ1) is 20.4. The van der Waals surface area contributed by atoms with Crippen molar-refractivity contribution in [3.8, 4) is 11.5 Å². The molecular weight excluding hydrogens is 398 g/mol. The summed E-state index contributed by atoms with van der Waals surface area (Å²) in [4.78, 5) is 17.1. The summed E-state index contributed by atoms with van der Waals surface area (Å²) in [5, 5.41) is 4.11. The molecule has 0 bridgehead atoms. The Balaban J connectivity index is 1.44. The fraction of sp³-hybridized carbons (Fsp3) is 0.409. The molecule has 1 N–H and O–H groups in total. The average molecular weight is 426 g/mol. The van der Waals surface area contributed by atoms with Crippen LogP contribution in [0, 0.1) is 13.8 Å². The molecule has 1 aliphatic heterocycles. The van der Waals surface area contributed by atoms with Crippen LogP contribution >= 0.6 is 11.3 Å². The number of thiazole rings is 1. The van der Waals surface area contributed by atoms with E-state index in [0.717, 1.165) is 54.1 Å². The van der Waals surface area contributed by atoms with E-state index in [2.05, 4.69) is 27.1 Å². The molecule has 1 atom stereocenters. The van der Waals surface area contributed by atoms with E-state index in [1.54, 1.807) is 23.7 Å². The molecule has 3 heterocycles. The van der Waals surface area contributed by atoms with Gasteiger partial charge in [0.25, 0.3) is 0 Å². The topological polar surface area (TPSA) is 72.4 Å². The van der Waals surface area contributed by atoms with Crippen LogP contribution in [-0.4, -0.2) is 40.8 Å². The van der Waals surface area contributed by atoms with Crippen molar-refractivity contribution in [3.05, 3.63) is 47.2 Å². The maximum atomic E-state index is 6.29. The molecule has 8 heteroatoms. The average Bonchev–Trinajstić information content (AvgIpc) is 3.07. The van der Waals surface area contributed by atoms with E-state index in [4.69, 9.17) is 14.5 Å². The summed E-state index contributed by atoms with van der Waals surface area (Å²) < 4.78 is 12.0. The Morgan fingerprint density at radius 2 is 2.00 bits per heavy atom. The van der Waals surface area contributed by atoms with Crippen molar-refractivity contribution in [2.75, 3.05) is 29.9 Å². The highest BCUT2D eigenvalue weighted by Gasteiger charge is 2.24. The molecule has 1 aromatic carbocycles. The second kappa shape index (κ2) is 9.30. The maximum Gasteiger partial charge on any atom is 0.188 e. The quantitative estimate of drug-likeness (QED) is 0.586. The monoisotopic (exact) mass is 425 g/mol. The Hall–Kier alpha value is -2.87. The van der Waals surface area contributed by atoms with Crippen molar-refractivity contribution in [1.29, 1.82) is 0 Å². The number of aromatic nitrogens is 3. The Morgan fingerprint density at radius 1 is 1.17 bits per heavy atom. The lowest BCUT2D eigenvalue weighted by atomic mass is 10.1. The van der Waals surface area contributed by atoms with Gasteiger partial charge in [-0.15, -0.1) is 11.3 Å². The third-order valence-corrected chi connectivity index (χ3v) is 6.02. The smallest absolute Gasteiger partial charge is 0.188 e. The number of nitrogens with zero attached hydrogens (tertiary/aromatic N) is 4. The minimum Gasteiger partial charge on any atom is -0.490 e. The van der Waals surface area contributed by atoms with Crippen LogP contribution in [-0.2, 0) is 0 Å². The first-order chi connectivity index (χ1) is 14.6. The van der Waals surface area contributed by atoms with Crippen molar-refractivity contribution in [2.45, 2.75) is 39.7 Å². The Bertz CT molecular complexity index is 974. The fourth-order valence-corrected chi connectivity index (χ4v) is 4.27. The van der Waals surface area contributed by atoms with Crippen molar-refractivity contribution < 1.29 is 9.47 Å². The largest absolute Gasteiger partial charge is 0.490 e. The Kier molecular flexibility index (Phi) is 6.32. The highest BCUT2D eigenvalue weighted by molar-refractivity contribution is 7.15. The van der Waals surface area contributed by atoms with E-state index in [1.165, 1.54) is 4.88 Å². The van der Waals surface area contributed by atoms with Crippen molar-refractivity contribution in [2.24, 2.45) is 0 Å². The van der Waals surface area contributed by atoms with Crippen LogP contribution in [0.15, 0.2) is 36.7 Å². The number of ether oxygens (including phenoxy) is 2. The molecule has 30 heavy (non-hydrogen) atoms. The van der Waals surface area contributed by atoms with Gasteiger partial charge in [0.1, 0.15) is 11.9 Å². The zero-order valence-electron chi connectivity index (χ0n) is 17.6. The normalized spacial score (nSPS) is 16.4. The SMILES string of the molecule is CCOc1ccccc1O[C@@H]1CCCN(c2cncc(Nc3nc(C)c(C)s3)n2)C1. The first-order valence-electron chi connectivity index (χ1n) is 10.3. The molecule has 0 radical (unpaired) electrons. The molecule has 4 rings (SSSR count). The molecule has 3 aromatic rings. The number of aryl methyl sites for hydroxylation is 2. The summed E-state index contributed by atoms with van der Waals surface area (Å²) >= 11 is 1.62. The van der Waals surface area contributed by atoms with Gasteiger partial charge in [0, 0.05) is 11.4 Å². The maximum absolute atomic E-state index is 6.29. The molecule has 0 amide bonds. The molecular formula is C22H27N5O2S. The van der Waals surface area contributed by atoms with Gasteiger partial charge < -0.3 is 19.7 Å². The Labute approximate surface area is 181 Å². The molecule has 7 nitrogen and oxygen atoms in total. The van der Waals surface area contributed by atoms with E-state index < -0.39 is 0 Å². The number of hydrogen-bond acceptors (Lipinski definition) is 8. The molecule has 0 spiro atoms. The summed E-state index contributed by atoms with van der Waals surface area (Å²) in [7, 11) is 0. The standard InChI is InChI=1S/C22H27N5O2S/c1-4-28-18-9-5-6-10-19(18)29-17-8-7-11-27(14-17)21-13-23-12-20(25-21)26-22-24-15(2)16(3)30-22/h5-6,9-10,12-13,17H,4,7-8,11,14H2,1-3H3,(H,24,25,26)/t17-/m1/s1.